The molecule has 2 aromatic carbocycles. The average molecular weight is 555 g/mol. The van der Waals surface area contributed by atoms with Gasteiger partial charge in [0.2, 0.25) is 11.6 Å². The second kappa shape index (κ2) is 9.31. The van der Waals surface area contributed by atoms with Gasteiger partial charge in [-0.15, -0.1) is 0 Å². The van der Waals surface area contributed by atoms with Gasteiger partial charge in [0.15, 0.2) is 0 Å². The van der Waals surface area contributed by atoms with Gasteiger partial charge in [0.25, 0.3) is 0 Å². The van der Waals surface area contributed by atoms with Crippen molar-refractivity contribution in [2.75, 3.05) is 18.1 Å². The highest BCUT2D eigenvalue weighted by Gasteiger charge is 2.56. The van der Waals surface area contributed by atoms with E-state index in [1.807, 2.05) is 4.90 Å². The van der Waals surface area contributed by atoms with Crippen LogP contribution in [0.25, 0.3) is 0 Å². The lowest BCUT2D eigenvalue weighted by atomic mass is 9.63. The molecule has 5 rings (SSSR count). The van der Waals surface area contributed by atoms with Crippen molar-refractivity contribution < 1.29 is 31.0 Å². The number of carbonyl (C=O) groups is 1. The fourth-order valence-electron chi connectivity index (χ4n) is 6.65. The van der Waals surface area contributed by atoms with Crippen LogP contribution in [0.2, 0.25) is 0 Å². The number of nitrogens with one attached hydrogen (secondary N) is 1. The number of alkyl halides is 4. The molecule has 0 saturated carbocycles. The Morgan fingerprint density at radius 2 is 1.74 bits per heavy atom. The summed E-state index contributed by atoms with van der Waals surface area (Å²) in [5.41, 5.74) is -2.23. The minimum absolute atomic E-state index is 0.0284. The Bertz CT molecular complexity index is 1330. The molecule has 1 unspecified atom stereocenters. The Balaban J connectivity index is 1.53. The molecule has 0 spiro atoms. The number of nitrogens with zero attached hydrogens (tertiary/aromatic N) is 1. The predicted molar refractivity (Wildman–Crippen MR) is 134 cm³/mol. The highest BCUT2D eigenvalue weighted by Crippen LogP contribution is 2.51. The van der Waals surface area contributed by atoms with E-state index in [2.05, 4.69) is 0 Å². The molecule has 206 valence electrons. The van der Waals surface area contributed by atoms with E-state index < -0.39 is 32.6 Å². The summed E-state index contributed by atoms with van der Waals surface area (Å²) in [5, 5.41) is 0. The lowest BCUT2D eigenvalue weighted by Gasteiger charge is -2.44. The molecule has 2 fully saturated rings. The first-order chi connectivity index (χ1) is 17.7. The second-order valence-corrected chi connectivity index (χ2v) is 13.6. The molecule has 0 bridgehead atoms. The summed E-state index contributed by atoms with van der Waals surface area (Å²) in [6.07, 6.45) is -2.29. The van der Waals surface area contributed by atoms with E-state index in [1.165, 1.54) is 24.3 Å². The topological polar surface area (TPSA) is 61.2 Å². The third kappa shape index (κ3) is 4.62. The molecule has 2 saturated heterocycles. The Hall–Kier alpha value is -2.49. The van der Waals surface area contributed by atoms with Crippen molar-refractivity contribution in [3.8, 4) is 0 Å². The molecular formula is C28H31F5N2O2S. The summed E-state index contributed by atoms with van der Waals surface area (Å²) in [7, 11) is -2.63. The third-order valence-corrected chi connectivity index (χ3v) is 10.7. The fraction of sp³-hybridized carbons (Fsp3) is 0.536. The van der Waals surface area contributed by atoms with E-state index in [0.29, 0.717) is 57.6 Å². The van der Waals surface area contributed by atoms with Gasteiger partial charge in [-0.1, -0.05) is 30.3 Å². The number of aryl methyl sites for hydroxylation is 1. The third-order valence-electron chi connectivity index (χ3n) is 8.87. The highest BCUT2D eigenvalue weighted by molar-refractivity contribution is 7.92. The minimum Gasteiger partial charge on any atom is -0.339 e. The quantitative estimate of drug-likeness (QED) is 0.468. The molecule has 2 heterocycles. The molecule has 3 aliphatic rings. The summed E-state index contributed by atoms with van der Waals surface area (Å²) < 4.78 is 88.8. The first-order valence-corrected chi connectivity index (χ1v) is 14.8. The van der Waals surface area contributed by atoms with Gasteiger partial charge < -0.3 is 4.90 Å². The maximum absolute atomic E-state index is 14.8. The predicted octanol–water partition coefficient (Wildman–Crippen LogP) is 6.06. The minimum atomic E-state index is -5.05. The van der Waals surface area contributed by atoms with Gasteiger partial charge in [0.05, 0.1) is 0 Å². The smallest absolute Gasteiger partial charge is 0.339 e. The van der Waals surface area contributed by atoms with E-state index in [1.54, 1.807) is 18.2 Å². The van der Waals surface area contributed by atoms with Gasteiger partial charge in [0.1, 0.15) is 5.82 Å². The van der Waals surface area contributed by atoms with Crippen LogP contribution in [0.3, 0.4) is 0 Å². The Morgan fingerprint density at radius 3 is 2.37 bits per heavy atom. The van der Waals surface area contributed by atoms with Crippen LogP contribution in [0.1, 0.15) is 54.9 Å². The first kappa shape index (κ1) is 27.1. The lowest BCUT2D eigenvalue weighted by Crippen LogP contribution is -2.51. The average Bonchev–Trinajstić information content (AvgIpc) is 3.23. The van der Waals surface area contributed by atoms with Crippen LogP contribution >= 0.6 is 0 Å². The Kier molecular flexibility index (Phi) is 6.64. The first-order valence-electron chi connectivity index (χ1n) is 12.9. The van der Waals surface area contributed by atoms with Crippen molar-refractivity contribution in [2.24, 2.45) is 5.92 Å². The van der Waals surface area contributed by atoms with Crippen LogP contribution in [0.15, 0.2) is 42.5 Å². The van der Waals surface area contributed by atoms with Crippen molar-refractivity contribution in [3.63, 3.8) is 0 Å². The number of carbonyl (C=O) groups excluding carboxylic acids is 1. The van der Waals surface area contributed by atoms with Gasteiger partial charge in [0, 0.05) is 45.2 Å². The molecule has 0 radical (unpaired) electrons. The summed E-state index contributed by atoms with van der Waals surface area (Å²) in [4.78, 5) is 15.5. The number of hydrogen-bond donors (Lipinski definition) is 1. The molecule has 1 amide bonds. The van der Waals surface area contributed by atoms with E-state index in [9.17, 15) is 31.0 Å². The zero-order valence-electron chi connectivity index (χ0n) is 21.1. The van der Waals surface area contributed by atoms with Crippen molar-refractivity contribution in [1.29, 1.82) is 4.78 Å². The largest absolute Gasteiger partial charge is 0.426 e. The molecule has 0 aromatic heterocycles. The van der Waals surface area contributed by atoms with Crippen molar-refractivity contribution in [3.05, 3.63) is 70.5 Å². The molecular weight excluding hydrogens is 523 g/mol. The van der Waals surface area contributed by atoms with Crippen molar-refractivity contribution in [2.45, 2.75) is 68.8 Å². The highest BCUT2D eigenvalue weighted by atomic mass is 32.2. The van der Waals surface area contributed by atoms with Gasteiger partial charge in [-0.3, -0.25) is 9.57 Å². The van der Waals surface area contributed by atoms with E-state index in [4.69, 9.17) is 4.78 Å². The van der Waals surface area contributed by atoms with E-state index in [0.717, 1.165) is 11.1 Å². The van der Waals surface area contributed by atoms with Crippen molar-refractivity contribution in [1.82, 2.24) is 4.90 Å². The molecule has 3 atom stereocenters. The molecule has 10 heteroatoms. The van der Waals surface area contributed by atoms with E-state index in [-0.39, 0.29) is 35.2 Å². The van der Waals surface area contributed by atoms with Crippen LogP contribution in [0, 0.1) is 16.5 Å². The number of benzene rings is 2. The number of rotatable bonds is 4. The summed E-state index contributed by atoms with van der Waals surface area (Å²) >= 11 is 0. The Morgan fingerprint density at radius 1 is 1.08 bits per heavy atom. The van der Waals surface area contributed by atoms with Gasteiger partial charge in [-0.2, -0.15) is 13.2 Å². The molecule has 38 heavy (non-hydrogen) atoms. The molecule has 4 nitrogen and oxygen atoms in total. The molecule has 2 aromatic rings. The number of hydrogen-bond acceptors (Lipinski definition) is 3. The van der Waals surface area contributed by atoms with Crippen LogP contribution in [-0.4, -0.2) is 45.3 Å². The zero-order chi connectivity index (χ0) is 27.5. The second-order valence-electron chi connectivity index (χ2n) is 11.2. The number of fused-ring (bicyclic) bond motifs is 3. The molecule has 2 aliphatic heterocycles. The summed E-state index contributed by atoms with van der Waals surface area (Å²) in [6, 6.07) is 9.99. The number of amides is 1. The summed E-state index contributed by atoms with van der Waals surface area (Å²) in [5.74, 6) is -0.304. The lowest BCUT2D eigenvalue weighted by molar-refractivity contribution is -0.228. The van der Waals surface area contributed by atoms with Gasteiger partial charge in [-0.25, -0.2) is 13.0 Å². The van der Waals surface area contributed by atoms with Crippen LogP contribution in [-0.2, 0) is 38.4 Å². The van der Waals surface area contributed by atoms with Crippen LogP contribution in [0.4, 0.5) is 22.0 Å². The standard InChI is InChI=1S/C28H31F5N2O2S/c1-26(30,28(31,32)33)21-5-8-23-20(16-21)4-9-24-27(23,17-18-2-6-22(29)7-3-18)12-13-35(24)25(36)19-10-14-38(34,37)15-11-19/h2-3,5-8,16,19,24,34H,4,9-15,17H2,1H3/t19?,24-,26?,27-,38?/m1/s1. The van der Waals surface area contributed by atoms with Crippen LogP contribution < -0.4 is 0 Å². The number of halogens is 5. The van der Waals surface area contributed by atoms with Crippen LogP contribution in [0.5, 0.6) is 0 Å². The van der Waals surface area contributed by atoms with E-state index >= 15 is 0 Å². The maximum atomic E-state index is 14.8. The number of likely N-dealkylation sites (tertiary alicyclic amines) is 1. The fourth-order valence-corrected chi connectivity index (χ4v) is 8.18. The van der Waals surface area contributed by atoms with Crippen molar-refractivity contribution >= 4 is 15.6 Å². The Labute approximate surface area is 219 Å². The monoisotopic (exact) mass is 554 g/mol. The van der Waals surface area contributed by atoms with Gasteiger partial charge in [-0.05, 0) is 79.8 Å². The normalized spacial score (nSPS) is 30.8. The molecule has 1 aliphatic carbocycles. The summed E-state index contributed by atoms with van der Waals surface area (Å²) in [6.45, 7) is 0.992. The van der Waals surface area contributed by atoms with Gasteiger partial charge >= 0.3 is 6.18 Å². The SMILES string of the molecule is CC(F)(c1ccc2c(c1)CC[C@H]1N(C(=O)C3CCS(=N)(=O)CC3)CC[C@@]21Cc1ccc(F)cc1)C(F)(F)F. The molecule has 1 N–H and O–H groups in total. The zero-order valence-corrected chi connectivity index (χ0v) is 21.9. The maximum Gasteiger partial charge on any atom is 0.426 e.